The van der Waals surface area contributed by atoms with E-state index in [2.05, 4.69) is 0 Å². The Morgan fingerprint density at radius 2 is 1.92 bits per heavy atom. The molecular formula is C10H14O3. The van der Waals surface area contributed by atoms with E-state index in [1.807, 2.05) is 30.3 Å². The van der Waals surface area contributed by atoms with Crippen LogP contribution in [-0.2, 0) is 4.74 Å². The van der Waals surface area contributed by atoms with Crippen molar-refractivity contribution >= 4 is 0 Å². The fourth-order valence-electron chi connectivity index (χ4n) is 0.950. The van der Waals surface area contributed by atoms with Gasteiger partial charge in [0, 0.05) is 7.11 Å². The second kappa shape index (κ2) is 5.56. The topological polar surface area (TPSA) is 38.7 Å². The number of hydrogen-bond acceptors (Lipinski definition) is 3. The van der Waals surface area contributed by atoms with Gasteiger partial charge in [0.2, 0.25) is 0 Å². The number of benzene rings is 1. The van der Waals surface area contributed by atoms with Gasteiger partial charge in [0.1, 0.15) is 18.5 Å². The number of rotatable bonds is 5. The highest BCUT2D eigenvalue weighted by molar-refractivity contribution is 5.20. The van der Waals surface area contributed by atoms with Gasteiger partial charge in [0.05, 0.1) is 6.61 Å². The molecule has 13 heavy (non-hydrogen) atoms. The molecule has 0 aliphatic rings. The first-order valence-electron chi connectivity index (χ1n) is 4.18. The largest absolute Gasteiger partial charge is 0.491 e. The molecule has 1 unspecified atom stereocenters. The minimum absolute atomic E-state index is 0.262. The highest BCUT2D eigenvalue weighted by Gasteiger charge is 2.03. The van der Waals surface area contributed by atoms with E-state index in [4.69, 9.17) is 9.47 Å². The molecule has 0 aliphatic heterocycles. The first-order chi connectivity index (χ1) is 6.33. The van der Waals surface area contributed by atoms with Crippen LogP contribution in [-0.4, -0.2) is 31.5 Å². The van der Waals surface area contributed by atoms with E-state index in [0.717, 1.165) is 5.75 Å². The predicted molar refractivity (Wildman–Crippen MR) is 49.8 cm³/mol. The molecule has 0 saturated heterocycles. The van der Waals surface area contributed by atoms with Gasteiger partial charge >= 0.3 is 0 Å². The molecule has 0 aromatic heterocycles. The third-order valence-corrected chi connectivity index (χ3v) is 1.54. The summed E-state index contributed by atoms with van der Waals surface area (Å²) in [7, 11) is 1.55. The summed E-state index contributed by atoms with van der Waals surface area (Å²) in [5.41, 5.74) is 0. The van der Waals surface area contributed by atoms with Gasteiger partial charge in [-0.2, -0.15) is 0 Å². The Bertz CT molecular complexity index is 223. The molecular weight excluding hydrogens is 168 g/mol. The first kappa shape index (κ1) is 10.0. The van der Waals surface area contributed by atoms with Gasteiger partial charge in [-0.05, 0) is 12.1 Å². The Kier molecular flexibility index (Phi) is 4.29. The molecule has 1 aromatic carbocycles. The van der Waals surface area contributed by atoms with E-state index in [0.29, 0.717) is 6.61 Å². The van der Waals surface area contributed by atoms with E-state index in [1.165, 1.54) is 0 Å². The first-order valence-corrected chi connectivity index (χ1v) is 4.18. The lowest BCUT2D eigenvalue weighted by molar-refractivity contribution is 0.0325. The van der Waals surface area contributed by atoms with Crippen molar-refractivity contribution in [3.63, 3.8) is 0 Å². The van der Waals surface area contributed by atoms with Crippen molar-refractivity contribution in [2.45, 2.75) is 6.10 Å². The van der Waals surface area contributed by atoms with Gasteiger partial charge in [0.15, 0.2) is 0 Å². The van der Waals surface area contributed by atoms with E-state index >= 15 is 0 Å². The van der Waals surface area contributed by atoms with Gasteiger partial charge in [-0.1, -0.05) is 18.2 Å². The van der Waals surface area contributed by atoms with Crippen LogP contribution in [0, 0.1) is 0 Å². The molecule has 1 N–H and O–H groups in total. The Morgan fingerprint density at radius 1 is 1.23 bits per heavy atom. The zero-order valence-electron chi connectivity index (χ0n) is 7.64. The van der Waals surface area contributed by atoms with Crippen LogP contribution in [0.15, 0.2) is 30.3 Å². The summed E-state index contributed by atoms with van der Waals surface area (Å²) in [4.78, 5) is 0. The van der Waals surface area contributed by atoms with Gasteiger partial charge in [0.25, 0.3) is 0 Å². The SMILES string of the molecule is COCC(O)COc1ccccc1. The zero-order valence-corrected chi connectivity index (χ0v) is 7.64. The molecule has 0 radical (unpaired) electrons. The van der Waals surface area contributed by atoms with Crippen LogP contribution in [0.4, 0.5) is 0 Å². The molecule has 3 nitrogen and oxygen atoms in total. The molecule has 0 bridgehead atoms. The van der Waals surface area contributed by atoms with Crippen molar-refractivity contribution < 1.29 is 14.6 Å². The van der Waals surface area contributed by atoms with Crippen LogP contribution in [0.1, 0.15) is 0 Å². The number of para-hydroxylation sites is 1. The molecule has 0 saturated carbocycles. The molecule has 0 spiro atoms. The molecule has 72 valence electrons. The maximum absolute atomic E-state index is 9.26. The minimum atomic E-state index is -0.565. The van der Waals surface area contributed by atoms with Crippen molar-refractivity contribution in [1.82, 2.24) is 0 Å². The summed E-state index contributed by atoms with van der Waals surface area (Å²) in [6, 6.07) is 9.38. The molecule has 0 amide bonds. The summed E-state index contributed by atoms with van der Waals surface area (Å²) < 4.78 is 10.1. The lowest BCUT2D eigenvalue weighted by Crippen LogP contribution is -2.22. The van der Waals surface area contributed by atoms with Crippen molar-refractivity contribution in [2.75, 3.05) is 20.3 Å². The standard InChI is InChI=1S/C10H14O3/c1-12-7-9(11)8-13-10-5-3-2-4-6-10/h2-6,9,11H,7-8H2,1H3. The van der Waals surface area contributed by atoms with E-state index in [9.17, 15) is 5.11 Å². The molecule has 1 aromatic rings. The van der Waals surface area contributed by atoms with Crippen LogP contribution in [0.3, 0.4) is 0 Å². The highest BCUT2D eigenvalue weighted by atomic mass is 16.5. The minimum Gasteiger partial charge on any atom is -0.491 e. The Hall–Kier alpha value is -1.06. The van der Waals surface area contributed by atoms with Gasteiger partial charge in [-0.15, -0.1) is 0 Å². The number of methoxy groups -OCH3 is 1. The van der Waals surface area contributed by atoms with Crippen LogP contribution in [0.5, 0.6) is 5.75 Å². The molecule has 0 heterocycles. The maximum atomic E-state index is 9.26. The predicted octanol–water partition coefficient (Wildman–Crippen LogP) is 1.07. The third-order valence-electron chi connectivity index (χ3n) is 1.54. The van der Waals surface area contributed by atoms with Crippen molar-refractivity contribution in [3.05, 3.63) is 30.3 Å². The second-order valence-corrected chi connectivity index (χ2v) is 2.73. The fourth-order valence-corrected chi connectivity index (χ4v) is 0.950. The number of ether oxygens (including phenoxy) is 2. The van der Waals surface area contributed by atoms with Crippen LogP contribution >= 0.6 is 0 Å². The van der Waals surface area contributed by atoms with Crippen molar-refractivity contribution in [1.29, 1.82) is 0 Å². The maximum Gasteiger partial charge on any atom is 0.119 e. The van der Waals surface area contributed by atoms with Crippen LogP contribution < -0.4 is 4.74 Å². The monoisotopic (exact) mass is 182 g/mol. The summed E-state index contributed by atoms with van der Waals surface area (Å²) in [6.45, 7) is 0.560. The Balaban J connectivity index is 2.27. The summed E-state index contributed by atoms with van der Waals surface area (Å²) >= 11 is 0. The zero-order chi connectivity index (χ0) is 9.52. The average Bonchev–Trinajstić information content (AvgIpc) is 2.17. The average molecular weight is 182 g/mol. The van der Waals surface area contributed by atoms with Crippen molar-refractivity contribution in [3.8, 4) is 5.75 Å². The van der Waals surface area contributed by atoms with Crippen LogP contribution in [0.25, 0.3) is 0 Å². The second-order valence-electron chi connectivity index (χ2n) is 2.73. The molecule has 0 fully saturated rings. The van der Waals surface area contributed by atoms with Gasteiger partial charge in [-0.25, -0.2) is 0 Å². The fraction of sp³-hybridized carbons (Fsp3) is 0.400. The van der Waals surface area contributed by atoms with Gasteiger partial charge < -0.3 is 14.6 Å². The smallest absolute Gasteiger partial charge is 0.119 e. The molecule has 1 rings (SSSR count). The summed E-state index contributed by atoms with van der Waals surface area (Å²) in [5, 5.41) is 9.26. The van der Waals surface area contributed by atoms with Crippen LogP contribution in [0.2, 0.25) is 0 Å². The Morgan fingerprint density at radius 3 is 2.54 bits per heavy atom. The van der Waals surface area contributed by atoms with Gasteiger partial charge in [-0.3, -0.25) is 0 Å². The summed E-state index contributed by atoms with van der Waals surface area (Å²) in [5.74, 6) is 0.762. The highest BCUT2D eigenvalue weighted by Crippen LogP contribution is 2.08. The lowest BCUT2D eigenvalue weighted by atomic mass is 10.3. The molecule has 1 atom stereocenters. The molecule has 0 aliphatic carbocycles. The third kappa shape index (κ3) is 3.92. The molecule has 3 heteroatoms. The number of aliphatic hydroxyl groups is 1. The summed E-state index contributed by atoms with van der Waals surface area (Å²) in [6.07, 6.45) is -0.565. The van der Waals surface area contributed by atoms with E-state index in [-0.39, 0.29) is 6.61 Å². The quantitative estimate of drug-likeness (QED) is 0.740. The lowest BCUT2D eigenvalue weighted by Gasteiger charge is -2.10. The van der Waals surface area contributed by atoms with Crippen molar-refractivity contribution in [2.24, 2.45) is 0 Å². The number of hydrogen-bond donors (Lipinski definition) is 1. The number of aliphatic hydroxyl groups excluding tert-OH is 1. The van der Waals surface area contributed by atoms with E-state index < -0.39 is 6.10 Å². The normalized spacial score (nSPS) is 12.5. The Labute approximate surface area is 77.9 Å². The van der Waals surface area contributed by atoms with E-state index in [1.54, 1.807) is 7.11 Å².